The zero-order valence-corrected chi connectivity index (χ0v) is 16.8. The second-order valence-electron chi connectivity index (χ2n) is 7.20. The fourth-order valence-electron chi connectivity index (χ4n) is 3.35. The number of unbranched alkanes of at least 4 members (excludes halogenated alkanes) is 6. The lowest BCUT2D eigenvalue weighted by Crippen LogP contribution is -2.31. The molecule has 1 atom stereocenters. The van der Waals surface area contributed by atoms with Crippen LogP contribution in [0.2, 0.25) is 0 Å². The summed E-state index contributed by atoms with van der Waals surface area (Å²) >= 11 is 0. The van der Waals surface area contributed by atoms with Gasteiger partial charge in [0.2, 0.25) is 0 Å². The minimum absolute atomic E-state index is 0.299. The molecule has 0 radical (unpaired) electrons. The second kappa shape index (κ2) is 11.7. The molecule has 26 heavy (non-hydrogen) atoms. The molecule has 0 aliphatic carbocycles. The smallest absolute Gasteiger partial charge is 0.194 e. The summed E-state index contributed by atoms with van der Waals surface area (Å²) in [5.74, 6) is -0.668. The van der Waals surface area contributed by atoms with Crippen molar-refractivity contribution in [1.82, 2.24) is 0 Å². The number of methoxy groups -OCH3 is 2. The molecule has 1 saturated heterocycles. The largest absolute Gasteiger partial charge is 0.374 e. The highest BCUT2D eigenvalue weighted by atomic mass is 16.7. The second-order valence-corrected chi connectivity index (χ2v) is 7.20. The number of ether oxygens (including phenoxy) is 4. The average molecular weight is 365 g/mol. The Kier molecular flexibility index (Phi) is 9.62. The van der Waals surface area contributed by atoms with Crippen LogP contribution in [0.1, 0.15) is 69.4 Å². The molecule has 1 aliphatic rings. The molecule has 1 fully saturated rings. The summed E-state index contributed by atoms with van der Waals surface area (Å²) in [5.41, 5.74) is 2.21. The summed E-state index contributed by atoms with van der Waals surface area (Å²) in [6, 6.07) is 8.37. The average Bonchev–Trinajstić information content (AvgIpc) is 3.49. The molecular formula is C22H36O4. The molecule has 0 aromatic heterocycles. The number of hydrogen-bond acceptors (Lipinski definition) is 4. The van der Waals surface area contributed by atoms with Gasteiger partial charge in [-0.1, -0.05) is 63.6 Å². The number of benzene rings is 1. The van der Waals surface area contributed by atoms with Gasteiger partial charge in [-0.2, -0.15) is 0 Å². The zero-order chi connectivity index (χ0) is 18.7. The normalized spacial score (nSPS) is 16.8. The fourth-order valence-corrected chi connectivity index (χ4v) is 3.35. The summed E-state index contributed by atoms with van der Waals surface area (Å²) in [5, 5.41) is 0. The number of rotatable bonds is 15. The topological polar surface area (TPSA) is 40.2 Å². The first-order valence-corrected chi connectivity index (χ1v) is 10.1. The van der Waals surface area contributed by atoms with E-state index in [0.717, 1.165) is 30.6 Å². The Bertz CT molecular complexity index is 495. The van der Waals surface area contributed by atoms with Gasteiger partial charge in [0.05, 0.1) is 19.8 Å². The Morgan fingerprint density at radius 1 is 1.04 bits per heavy atom. The maximum atomic E-state index is 5.84. The van der Waals surface area contributed by atoms with Gasteiger partial charge in [-0.05, 0) is 18.1 Å². The van der Waals surface area contributed by atoms with E-state index in [1.807, 2.05) is 0 Å². The molecule has 1 heterocycles. The minimum Gasteiger partial charge on any atom is -0.374 e. The molecule has 1 unspecified atom stereocenters. The lowest BCUT2D eigenvalue weighted by Gasteiger charge is -2.32. The van der Waals surface area contributed by atoms with Crippen molar-refractivity contribution in [2.45, 2.75) is 76.8 Å². The van der Waals surface area contributed by atoms with Crippen LogP contribution in [0.3, 0.4) is 0 Å². The van der Waals surface area contributed by atoms with Crippen molar-refractivity contribution >= 4 is 0 Å². The Hall–Kier alpha value is -0.940. The van der Waals surface area contributed by atoms with E-state index in [9.17, 15) is 0 Å². The van der Waals surface area contributed by atoms with Crippen molar-refractivity contribution < 1.29 is 18.9 Å². The third kappa shape index (κ3) is 6.99. The van der Waals surface area contributed by atoms with Gasteiger partial charge in [-0.3, -0.25) is 0 Å². The van der Waals surface area contributed by atoms with E-state index in [-0.39, 0.29) is 0 Å². The van der Waals surface area contributed by atoms with Gasteiger partial charge in [0.1, 0.15) is 6.10 Å². The first kappa shape index (κ1) is 21.4. The highest BCUT2D eigenvalue weighted by Crippen LogP contribution is 2.33. The summed E-state index contributed by atoms with van der Waals surface area (Å²) in [7, 11) is 3.47. The number of hydrogen-bond donors (Lipinski definition) is 0. The van der Waals surface area contributed by atoms with E-state index >= 15 is 0 Å². The molecule has 1 aromatic carbocycles. The van der Waals surface area contributed by atoms with Crippen LogP contribution < -0.4 is 0 Å². The molecule has 4 nitrogen and oxygen atoms in total. The maximum Gasteiger partial charge on any atom is 0.194 e. The SMILES string of the molecule is CCCCCCCCCC(OC)(OC)c1cccc(COCC2CO2)c1. The lowest BCUT2D eigenvalue weighted by molar-refractivity contribution is -0.221. The van der Waals surface area contributed by atoms with Gasteiger partial charge in [0.25, 0.3) is 0 Å². The van der Waals surface area contributed by atoms with Crippen molar-refractivity contribution in [3.05, 3.63) is 35.4 Å². The van der Waals surface area contributed by atoms with Gasteiger partial charge in [-0.25, -0.2) is 0 Å². The van der Waals surface area contributed by atoms with Gasteiger partial charge in [-0.15, -0.1) is 0 Å². The molecule has 0 bridgehead atoms. The van der Waals surface area contributed by atoms with E-state index in [1.165, 1.54) is 38.5 Å². The van der Waals surface area contributed by atoms with Crippen LogP contribution in [0, 0.1) is 0 Å². The Balaban J connectivity index is 1.85. The first-order valence-electron chi connectivity index (χ1n) is 10.1. The van der Waals surface area contributed by atoms with Gasteiger partial charge < -0.3 is 18.9 Å². The van der Waals surface area contributed by atoms with Crippen molar-refractivity contribution in [3.8, 4) is 0 Å². The predicted octanol–water partition coefficient (Wildman–Crippen LogP) is 5.19. The summed E-state index contributed by atoms with van der Waals surface area (Å²) in [6.45, 7) is 4.34. The molecule has 0 N–H and O–H groups in total. The third-order valence-electron chi connectivity index (χ3n) is 5.11. The summed E-state index contributed by atoms with van der Waals surface area (Å²) in [4.78, 5) is 0. The molecule has 1 aliphatic heterocycles. The fraction of sp³-hybridized carbons (Fsp3) is 0.727. The van der Waals surface area contributed by atoms with Crippen LogP contribution in [0.15, 0.2) is 24.3 Å². The first-order chi connectivity index (χ1) is 12.7. The minimum atomic E-state index is -0.668. The molecule has 1 aromatic rings. The van der Waals surface area contributed by atoms with Gasteiger partial charge >= 0.3 is 0 Å². The van der Waals surface area contributed by atoms with Crippen molar-refractivity contribution in [2.24, 2.45) is 0 Å². The molecule has 148 valence electrons. The number of epoxide rings is 1. The molecule has 0 amide bonds. The maximum absolute atomic E-state index is 5.84. The van der Waals surface area contributed by atoms with E-state index in [2.05, 4.69) is 31.2 Å². The van der Waals surface area contributed by atoms with Crippen LogP contribution >= 0.6 is 0 Å². The van der Waals surface area contributed by atoms with E-state index < -0.39 is 5.79 Å². The Labute approximate surface area is 159 Å². The monoisotopic (exact) mass is 364 g/mol. The van der Waals surface area contributed by atoms with Gasteiger partial charge in [0.15, 0.2) is 5.79 Å². The van der Waals surface area contributed by atoms with Crippen molar-refractivity contribution in [2.75, 3.05) is 27.4 Å². The van der Waals surface area contributed by atoms with Crippen LogP contribution in [-0.2, 0) is 31.3 Å². The van der Waals surface area contributed by atoms with E-state index in [1.54, 1.807) is 14.2 Å². The Morgan fingerprint density at radius 3 is 2.38 bits per heavy atom. The van der Waals surface area contributed by atoms with Crippen molar-refractivity contribution in [1.29, 1.82) is 0 Å². The quantitative estimate of drug-likeness (QED) is 0.244. The molecule has 4 heteroatoms. The van der Waals surface area contributed by atoms with Crippen LogP contribution in [0.5, 0.6) is 0 Å². The van der Waals surface area contributed by atoms with Crippen LogP contribution in [-0.4, -0.2) is 33.5 Å². The zero-order valence-electron chi connectivity index (χ0n) is 16.8. The molecular weight excluding hydrogens is 328 g/mol. The third-order valence-corrected chi connectivity index (χ3v) is 5.11. The highest BCUT2D eigenvalue weighted by molar-refractivity contribution is 5.27. The molecule has 2 rings (SSSR count). The van der Waals surface area contributed by atoms with Crippen LogP contribution in [0.25, 0.3) is 0 Å². The Morgan fingerprint density at radius 2 is 1.73 bits per heavy atom. The van der Waals surface area contributed by atoms with E-state index in [0.29, 0.717) is 19.3 Å². The molecule has 0 saturated carbocycles. The van der Waals surface area contributed by atoms with Crippen LogP contribution in [0.4, 0.5) is 0 Å². The standard InChI is InChI=1S/C22H36O4/c1-4-5-6-7-8-9-10-14-22(23-2,24-3)20-13-11-12-19(15-20)16-25-17-21-18-26-21/h11-13,15,21H,4-10,14,16-18H2,1-3H3. The summed E-state index contributed by atoms with van der Waals surface area (Å²) in [6.07, 6.45) is 10.1. The molecule has 0 spiro atoms. The van der Waals surface area contributed by atoms with Crippen molar-refractivity contribution in [3.63, 3.8) is 0 Å². The lowest BCUT2D eigenvalue weighted by atomic mass is 9.96. The predicted molar refractivity (Wildman–Crippen MR) is 104 cm³/mol. The summed E-state index contributed by atoms with van der Waals surface area (Å²) < 4.78 is 22.6. The van der Waals surface area contributed by atoms with E-state index in [4.69, 9.17) is 18.9 Å². The van der Waals surface area contributed by atoms with Gasteiger partial charge in [0, 0.05) is 26.2 Å². The highest BCUT2D eigenvalue weighted by Gasteiger charge is 2.31.